The van der Waals surface area contributed by atoms with E-state index in [1.54, 1.807) is 6.08 Å². The largest absolute Gasteiger partial charge is 0.479 e. The molecule has 1 rings (SSSR count). The van der Waals surface area contributed by atoms with Crippen molar-refractivity contribution in [3.8, 4) is 0 Å². The first-order chi connectivity index (χ1) is 5.55. The summed E-state index contributed by atoms with van der Waals surface area (Å²) in [6.45, 7) is 2.30. The number of hydrogen-bond donors (Lipinski definition) is 2. The fraction of sp³-hybridized carbons (Fsp3) is 0.625. The molecule has 0 radical (unpaired) electrons. The summed E-state index contributed by atoms with van der Waals surface area (Å²) in [4.78, 5) is 10.5. The first-order valence-electron chi connectivity index (χ1n) is 3.87. The van der Waals surface area contributed by atoms with Crippen molar-refractivity contribution in [1.29, 1.82) is 0 Å². The molecule has 0 bridgehead atoms. The van der Waals surface area contributed by atoms with E-state index in [2.05, 4.69) is 5.32 Å². The van der Waals surface area contributed by atoms with E-state index in [0.29, 0.717) is 25.1 Å². The maximum absolute atomic E-state index is 13.4. The Labute approximate surface area is 70.3 Å². The highest BCUT2D eigenvalue weighted by Gasteiger charge is 2.37. The summed E-state index contributed by atoms with van der Waals surface area (Å²) >= 11 is 0. The lowest BCUT2D eigenvalue weighted by atomic mass is 9.93. The molecule has 0 aliphatic carbocycles. The lowest BCUT2D eigenvalue weighted by Gasteiger charge is -2.22. The van der Waals surface area contributed by atoms with E-state index < -0.39 is 11.6 Å². The lowest BCUT2D eigenvalue weighted by Crippen LogP contribution is -2.36. The number of hydrogen-bond acceptors (Lipinski definition) is 2. The van der Waals surface area contributed by atoms with Gasteiger partial charge in [0, 0.05) is 6.54 Å². The third kappa shape index (κ3) is 1.64. The minimum Gasteiger partial charge on any atom is -0.479 e. The van der Waals surface area contributed by atoms with Crippen molar-refractivity contribution in [2.45, 2.75) is 19.0 Å². The van der Waals surface area contributed by atoms with Gasteiger partial charge in [-0.15, -0.1) is 0 Å². The Balaban J connectivity index is 2.79. The minimum absolute atomic E-state index is 0.369. The van der Waals surface area contributed by atoms with Gasteiger partial charge in [0.2, 0.25) is 5.67 Å². The predicted octanol–water partition coefficient (Wildman–Crippen LogP) is 0.719. The van der Waals surface area contributed by atoms with Crippen LogP contribution in [0.3, 0.4) is 0 Å². The fourth-order valence-corrected chi connectivity index (χ4v) is 1.19. The molecule has 2 N–H and O–H groups in total. The molecule has 0 amide bonds. The summed E-state index contributed by atoms with van der Waals surface area (Å²) in [5.41, 5.74) is -1.82. The van der Waals surface area contributed by atoms with Crippen LogP contribution in [0, 0.1) is 0 Å². The normalized spacial score (nSPS) is 22.7. The lowest BCUT2D eigenvalue weighted by molar-refractivity contribution is -0.147. The molecule has 4 heteroatoms. The second kappa shape index (κ2) is 3.23. The van der Waals surface area contributed by atoms with Crippen LogP contribution in [0.1, 0.15) is 13.3 Å². The van der Waals surface area contributed by atoms with E-state index in [-0.39, 0.29) is 0 Å². The van der Waals surface area contributed by atoms with Gasteiger partial charge in [0.15, 0.2) is 0 Å². The first-order valence-corrected chi connectivity index (χ1v) is 3.87. The maximum atomic E-state index is 13.4. The number of carboxylic acids is 1. The zero-order chi connectivity index (χ0) is 9.19. The van der Waals surface area contributed by atoms with E-state index in [0.717, 1.165) is 6.92 Å². The highest BCUT2D eigenvalue weighted by atomic mass is 19.1. The smallest absolute Gasteiger partial charge is 0.345 e. The van der Waals surface area contributed by atoms with E-state index >= 15 is 0 Å². The molecule has 1 atom stereocenters. The highest BCUT2D eigenvalue weighted by Crippen LogP contribution is 2.25. The second-order valence-corrected chi connectivity index (χ2v) is 2.99. The molecule has 0 fully saturated rings. The van der Waals surface area contributed by atoms with Crippen LogP contribution in [0.25, 0.3) is 0 Å². The van der Waals surface area contributed by atoms with Gasteiger partial charge in [-0.25, -0.2) is 9.18 Å². The zero-order valence-corrected chi connectivity index (χ0v) is 6.93. The van der Waals surface area contributed by atoms with Gasteiger partial charge in [-0.1, -0.05) is 6.08 Å². The number of carboxylic acid groups (broad SMARTS) is 1. The van der Waals surface area contributed by atoms with Crippen LogP contribution >= 0.6 is 0 Å². The van der Waals surface area contributed by atoms with Gasteiger partial charge in [-0.05, 0) is 25.5 Å². The number of aliphatic carboxylic acids is 1. The van der Waals surface area contributed by atoms with Crippen molar-refractivity contribution in [3.05, 3.63) is 11.6 Å². The van der Waals surface area contributed by atoms with Gasteiger partial charge in [0.25, 0.3) is 0 Å². The molecule has 0 spiro atoms. The standard InChI is InChI=1S/C8H12FNO2/c1-8(9,7(11)12)6-2-4-10-5-3-6/h2,10H,3-5H2,1H3,(H,11,12). The molecule has 0 aromatic rings. The molecular formula is C8H12FNO2. The average molecular weight is 173 g/mol. The van der Waals surface area contributed by atoms with Gasteiger partial charge in [-0.2, -0.15) is 0 Å². The van der Waals surface area contributed by atoms with Crippen LogP contribution in [0.2, 0.25) is 0 Å². The third-order valence-electron chi connectivity index (χ3n) is 2.07. The predicted molar refractivity (Wildman–Crippen MR) is 42.7 cm³/mol. The molecule has 1 heterocycles. The van der Waals surface area contributed by atoms with Crippen LogP contribution in [0.4, 0.5) is 4.39 Å². The monoisotopic (exact) mass is 173 g/mol. The number of alkyl halides is 1. The number of rotatable bonds is 2. The van der Waals surface area contributed by atoms with Crippen molar-refractivity contribution in [2.24, 2.45) is 0 Å². The summed E-state index contributed by atoms with van der Waals surface area (Å²) < 4.78 is 13.4. The van der Waals surface area contributed by atoms with Gasteiger partial charge in [-0.3, -0.25) is 0 Å². The molecular weight excluding hydrogens is 161 g/mol. The molecule has 1 unspecified atom stereocenters. The Morgan fingerprint density at radius 3 is 2.92 bits per heavy atom. The quantitative estimate of drug-likeness (QED) is 0.605. The summed E-state index contributed by atoms with van der Waals surface area (Å²) in [6, 6.07) is 0. The van der Waals surface area contributed by atoms with Crippen LogP contribution in [0.5, 0.6) is 0 Å². The number of carbonyl (C=O) groups is 1. The molecule has 0 aromatic carbocycles. The van der Waals surface area contributed by atoms with Crippen molar-refractivity contribution in [1.82, 2.24) is 5.32 Å². The van der Waals surface area contributed by atoms with E-state index in [1.165, 1.54) is 0 Å². The first kappa shape index (κ1) is 9.19. The van der Waals surface area contributed by atoms with Crippen molar-refractivity contribution in [2.75, 3.05) is 13.1 Å². The molecule has 1 aliphatic heterocycles. The average Bonchev–Trinajstić information content (AvgIpc) is 2.06. The van der Waals surface area contributed by atoms with E-state index in [9.17, 15) is 9.18 Å². The SMILES string of the molecule is CC(F)(C(=O)O)C1=CCNCC1. The number of nitrogens with one attached hydrogen (secondary N) is 1. The molecule has 0 aromatic heterocycles. The molecule has 3 nitrogen and oxygen atoms in total. The molecule has 0 saturated heterocycles. The summed E-state index contributed by atoms with van der Waals surface area (Å²) in [7, 11) is 0. The molecule has 68 valence electrons. The van der Waals surface area contributed by atoms with E-state index in [4.69, 9.17) is 5.11 Å². The van der Waals surface area contributed by atoms with E-state index in [1.807, 2.05) is 0 Å². The van der Waals surface area contributed by atoms with Gasteiger partial charge >= 0.3 is 5.97 Å². The van der Waals surface area contributed by atoms with Crippen LogP contribution < -0.4 is 5.32 Å². The molecule has 0 saturated carbocycles. The Bertz CT molecular complexity index is 223. The Morgan fingerprint density at radius 1 is 1.83 bits per heavy atom. The van der Waals surface area contributed by atoms with Gasteiger partial charge in [0.1, 0.15) is 0 Å². The van der Waals surface area contributed by atoms with Gasteiger partial charge in [0.05, 0.1) is 0 Å². The molecule has 12 heavy (non-hydrogen) atoms. The minimum atomic E-state index is -2.19. The summed E-state index contributed by atoms with van der Waals surface area (Å²) in [5.74, 6) is -1.41. The summed E-state index contributed by atoms with van der Waals surface area (Å²) in [5, 5.41) is 11.5. The van der Waals surface area contributed by atoms with Gasteiger partial charge < -0.3 is 10.4 Å². The Hall–Kier alpha value is -0.900. The summed E-state index contributed by atoms with van der Waals surface area (Å²) in [6.07, 6.45) is 2.08. The van der Waals surface area contributed by atoms with Crippen LogP contribution in [0.15, 0.2) is 11.6 Å². The van der Waals surface area contributed by atoms with Crippen molar-refractivity contribution < 1.29 is 14.3 Å². The maximum Gasteiger partial charge on any atom is 0.345 e. The fourth-order valence-electron chi connectivity index (χ4n) is 1.19. The molecule has 1 aliphatic rings. The topological polar surface area (TPSA) is 49.3 Å². The highest BCUT2D eigenvalue weighted by molar-refractivity contribution is 5.81. The zero-order valence-electron chi connectivity index (χ0n) is 6.93. The third-order valence-corrected chi connectivity index (χ3v) is 2.07. The second-order valence-electron chi connectivity index (χ2n) is 2.99. The van der Waals surface area contributed by atoms with Crippen LogP contribution in [-0.4, -0.2) is 29.8 Å². The Kier molecular flexibility index (Phi) is 2.47. The number of halogens is 1. The van der Waals surface area contributed by atoms with Crippen LogP contribution in [-0.2, 0) is 4.79 Å². The Morgan fingerprint density at radius 2 is 2.50 bits per heavy atom. The van der Waals surface area contributed by atoms with Crippen molar-refractivity contribution in [3.63, 3.8) is 0 Å². The van der Waals surface area contributed by atoms with Crippen molar-refractivity contribution >= 4 is 5.97 Å².